The quantitative estimate of drug-likeness (QED) is 0.692. The summed E-state index contributed by atoms with van der Waals surface area (Å²) in [5, 5.41) is 0. The minimum atomic E-state index is -0.582. The van der Waals surface area contributed by atoms with Crippen molar-refractivity contribution in [3.05, 3.63) is 29.1 Å². The molecule has 3 nitrogen and oxygen atoms in total. The Hall–Kier alpha value is -1.42. The summed E-state index contributed by atoms with van der Waals surface area (Å²) in [6.45, 7) is 0.0800. The van der Waals surface area contributed by atoms with Crippen molar-refractivity contribution >= 4 is 6.29 Å². The van der Waals surface area contributed by atoms with Gasteiger partial charge in [0.1, 0.15) is 11.6 Å². The summed E-state index contributed by atoms with van der Waals surface area (Å²) in [7, 11) is 2.89. The van der Waals surface area contributed by atoms with E-state index in [1.807, 2.05) is 0 Å². The van der Waals surface area contributed by atoms with Crippen LogP contribution in [-0.2, 0) is 11.3 Å². The lowest BCUT2D eigenvalue weighted by Gasteiger charge is -2.09. The molecule has 76 valence electrons. The van der Waals surface area contributed by atoms with Crippen LogP contribution in [0, 0.1) is 5.82 Å². The molecule has 0 spiro atoms. The molecule has 0 unspecified atom stereocenters. The maximum atomic E-state index is 13.5. The molecule has 1 aromatic carbocycles. The molecule has 0 aliphatic carbocycles. The van der Waals surface area contributed by atoms with Gasteiger partial charge in [0.05, 0.1) is 24.8 Å². The number of ether oxygens (including phenoxy) is 2. The molecule has 0 atom stereocenters. The molecule has 0 N–H and O–H groups in total. The van der Waals surface area contributed by atoms with Gasteiger partial charge in [0.25, 0.3) is 0 Å². The van der Waals surface area contributed by atoms with Crippen molar-refractivity contribution in [3.8, 4) is 5.75 Å². The van der Waals surface area contributed by atoms with E-state index in [2.05, 4.69) is 0 Å². The number of aldehydes is 1. The maximum Gasteiger partial charge on any atom is 0.153 e. The van der Waals surface area contributed by atoms with Gasteiger partial charge in [-0.15, -0.1) is 0 Å². The van der Waals surface area contributed by atoms with Crippen LogP contribution in [0.15, 0.2) is 12.1 Å². The normalized spacial score (nSPS) is 9.93. The molecule has 1 rings (SSSR count). The van der Waals surface area contributed by atoms with E-state index in [0.29, 0.717) is 12.0 Å². The summed E-state index contributed by atoms with van der Waals surface area (Å²) >= 11 is 0. The fourth-order valence-corrected chi connectivity index (χ4v) is 1.18. The first-order valence-corrected chi connectivity index (χ1v) is 4.04. The zero-order valence-electron chi connectivity index (χ0n) is 8.04. The zero-order chi connectivity index (χ0) is 10.6. The number of halogens is 1. The minimum absolute atomic E-state index is 0.0119. The topological polar surface area (TPSA) is 35.5 Å². The van der Waals surface area contributed by atoms with E-state index in [-0.39, 0.29) is 17.7 Å². The largest absolute Gasteiger partial charge is 0.496 e. The highest BCUT2D eigenvalue weighted by atomic mass is 19.1. The second kappa shape index (κ2) is 4.72. The molecular weight excluding hydrogens is 187 g/mol. The molecule has 0 aliphatic heterocycles. The molecule has 4 heteroatoms. The molecule has 0 aromatic heterocycles. The van der Waals surface area contributed by atoms with Crippen molar-refractivity contribution < 1.29 is 18.7 Å². The van der Waals surface area contributed by atoms with Gasteiger partial charge in [-0.2, -0.15) is 0 Å². The van der Waals surface area contributed by atoms with Gasteiger partial charge in [-0.1, -0.05) is 0 Å². The second-order valence-electron chi connectivity index (χ2n) is 2.70. The fourth-order valence-electron chi connectivity index (χ4n) is 1.18. The van der Waals surface area contributed by atoms with Gasteiger partial charge in [0, 0.05) is 7.11 Å². The summed E-state index contributed by atoms with van der Waals surface area (Å²) in [5.41, 5.74) is 0.275. The smallest absolute Gasteiger partial charge is 0.153 e. The highest BCUT2D eigenvalue weighted by molar-refractivity contribution is 5.76. The van der Waals surface area contributed by atoms with Crippen LogP contribution in [0.1, 0.15) is 15.9 Å². The van der Waals surface area contributed by atoms with Crippen molar-refractivity contribution in [2.24, 2.45) is 0 Å². The molecule has 0 heterocycles. The van der Waals surface area contributed by atoms with E-state index in [0.717, 1.165) is 0 Å². The molecule has 0 amide bonds. The van der Waals surface area contributed by atoms with Crippen LogP contribution in [0.3, 0.4) is 0 Å². The van der Waals surface area contributed by atoms with Gasteiger partial charge in [-0.05, 0) is 12.1 Å². The number of carbonyl (C=O) groups is 1. The van der Waals surface area contributed by atoms with Gasteiger partial charge in [0.2, 0.25) is 0 Å². The lowest BCUT2D eigenvalue weighted by atomic mass is 10.1. The second-order valence-corrected chi connectivity index (χ2v) is 2.70. The predicted octanol–water partition coefficient (Wildman–Crippen LogP) is 1.79. The molecule has 0 fully saturated rings. The molecular formula is C10H11FO3. The van der Waals surface area contributed by atoms with Crippen LogP contribution in [-0.4, -0.2) is 20.5 Å². The summed E-state index contributed by atoms with van der Waals surface area (Å²) < 4.78 is 23.3. The Morgan fingerprint density at radius 2 is 2.14 bits per heavy atom. The van der Waals surface area contributed by atoms with E-state index < -0.39 is 5.82 Å². The third-order valence-corrected chi connectivity index (χ3v) is 1.87. The Labute approximate surface area is 81.4 Å². The van der Waals surface area contributed by atoms with Crippen molar-refractivity contribution in [3.63, 3.8) is 0 Å². The summed E-state index contributed by atoms with van der Waals surface area (Å²) in [6.07, 6.45) is 0.466. The first-order chi connectivity index (χ1) is 6.74. The molecule has 1 aromatic rings. The summed E-state index contributed by atoms with van der Waals surface area (Å²) in [6, 6.07) is 2.92. The molecule has 0 bridgehead atoms. The Balaban J connectivity index is 3.23. The van der Waals surface area contributed by atoms with Gasteiger partial charge < -0.3 is 9.47 Å². The van der Waals surface area contributed by atoms with Gasteiger partial charge in [-0.25, -0.2) is 4.39 Å². The number of hydrogen-bond acceptors (Lipinski definition) is 3. The molecule has 0 saturated carbocycles. The van der Waals surface area contributed by atoms with Gasteiger partial charge >= 0.3 is 0 Å². The predicted molar refractivity (Wildman–Crippen MR) is 49.1 cm³/mol. The molecule has 0 saturated heterocycles. The molecule has 14 heavy (non-hydrogen) atoms. The van der Waals surface area contributed by atoms with Crippen molar-refractivity contribution in [2.75, 3.05) is 14.2 Å². The van der Waals surface area contributed by atoms with Crippen molar-refractivity contribution in [1.29, 1.82) is 0 Å². The van der Waals surface area contributed by atoms with Gasteiger partial charge in [0.15, 0.2) is 6.29 Å². The van der Waals surface area contributed by atoms with Gasteiger partial charge in [-0.3, -0.25) is 4.79 Å². The minimum Gasteiger partial charge on any atom is -0.496 e. The fraction of sp³-hybridized carbons (Fsp3) is 0.300. The first kappa shape index (κ1) is 10.7. The molecule has 0 aliphatic rings. The van der Waals surface area contributed by atoms with Crippen LogP contribution in [0.2, 0.25) is 0 Å². The van der Waals surface area contributed by atoms with Crippen LogP contribution in [0.5, 0.6) is 5.75 Å². The highest BCUT2D eigenvalue weighted by Gasteiger charge is 2.13. The number of benzene rings is 1. The zero-order valence-corrected chi connectivity index (χ0v) is 8.04. The first-order valence-electron chi connectivity index (χ1n) is 4.04. The van der Waals surface area contributed by atoms with Crippen LogP contribution >= 0.6 is 0 Å². The summed E-state index contributed by atoms with van der Waals surface area (Å²) in [5.74, 6) is -0.198. The standard InChI is InChI=1S/C10H11FO3/c1-13-6-8-9(14-2)4-3-7(5-12)10(8)11/h3-5H,6H2,1-2H3. The monoisotopic (exact) mass is 198 g/mol. The maximum absolute atomic E-state index is 13.5. The van der Waals surface area contributed by atoms with E-state index in [4.69, 9.17) is 9.47 Å². The highest BCUT2D eigenvalue weighted by Crippen LogP contribution is 2.24. The Morgan fingerprint density at radius 3 is 2.64 bits per heavy atom. The Morgan fingerprint density at radius 1 is 1.43 bits per heavy atom. The van der Waals surface area contributed by atoms with Crippen LogP contribution in [0.25, 0.3) is 0 Å². The van der Waals surface area contributed by atoms with Crippen LogP contribution in [0.4, 0.5) is 4.39 Å². The van der Waals surface area contributed by atoms with E-state index >= 15 is 0 Å². The Kier molecular flexibility index (Phi) is 3.59. The average molecular weight is 198 g/mol. The third-order valence-electron chi connectivity index (χ3n) is 1.87. The van der Waals surface area contributed by atoms with E-state index in [1.165, 1.54) is 20.3 Å². The lowest BCUT2D eigenvalue weighted by Crippen LogP contribution is -2.01. The SMILES string of the molecule is COCc1c(OC)ccc(C=O)c1F. The van der Waals surface area contributed by atoms with Crippen molar-refractivity contribution in [2.45, 2.75) is 6.61 Å². The number of methoxy groups -OCH3 is 2. The van der Waals surface area contributed by atoms with Crippen LogP contribution < -0.4 is 4.74 Å². The number of rotatable bonds is 4. The van der Waals surface area contributed by atoms with E-state index in [9.17, 15) is 9.18 Å². The third kappa shape index (κ3) is 1.90. The Bertz CT molecular complexity index is 336. The average Bonchev–Trinajstić information content (AvgIpc) is 2.21. The summed E-state index contributed by atoms with van der Waals surface area (Å²) in [4.78, 5) is 10.5. The molecule has 0 radical (unpaired) electrons. The number of hydrogen-bond donors (Lipinski definition) is 0. The number of carbonyl (C=O) groups excluding carboxylic acids is 1. The van der Waals surface area contributed by atoms with Crippen molar-refractivity contribution in [1.82, 2.24) is 0 Å². The van der Waals surface area contributed by atoms with E-state index in [1.54, 1.807) is 6.07 Å². The lowest BCUT2D eigenvalue weighted by molar-refractivity contribution is 0.111.